The van der Waals surface area contributed by atoms with Crippen LogP contribution in [0.4, 0.5) is 0 Å². The van der Waals surface area contributed by atoms with Crippen LogP contribution in [0.3, 0.4) is 0 Å². The largest absolute Gasteiger partial charge is 0.301 e. The van der Waals surface area contributed by atoms with Crippen LogP contribution in [0.1, 0.15) is 62.5 Å². The van der Waals surface area contributed by atoms with Gasteiger partial charge in [0.2, 0.25) is 0 Å². The van der Waals surface area contributed by atoms with Crippen molar-refractivity contribution in [1.82, 2.24) is 5.32 Å². The standard InChI is InChI=1S/C32H33Cl2N3O/c1-18(19-7-11-23(33)12-8-19)29-31(37-29)32(38)22-4-2-3-21(5-6-22)30-27-17-26(20-9-13-24(34)14-10-20)28(35)25(27)15-16-36-30/h7-14,17-18,21-22,29,31,35,37H,2-6,15-16H2,1H3/t18-,21?,22?,29?,31?/m0/s1. The predicted octanol–water partition coefficient (Wildman–Crippen LogP) is 7.46. The molecule has 2 heterocycles. The molecule has 196 valence electrons. The number of nitrogens with one attached hydrogen (secondary N) is 2. The van der Waals surface area contributed by atoms with Crippen molar-refractivity contribution < 1.29 is 4.79 Å². The molecule has 4 aliphatic rings. The van der Waals surface area contributed by atoms with Crippen molar-refractivity contribution in [3.63, 3.8) is 0 Å². The summed E-state index contributed by atoms with van der Waals surface area (Å²) < 4.78 is 0. The van der Waals surface area contributed by atoms with Gasteiger partial charge in [-0.25, -0.2) is 0 Å². The van der Waals surface area contributed by atoms with Gasteiger partial charge in [-0.15, -0.1) is 0 Å². The summed E-state index contributed by atoms with van der Waals surface area (Å²) >= 11 is 12.1. The van der Waals surface area contributed by atoms with E-state index in [0.29, 0.717) is 22.4 Å². The van der Waals surface area contributed by atoms with Crippen LogP contribution < -0.4 is 5.32 Å². The summed E-state index contributed by atoms with van der Waals surface area (Å²) in [6.45, 7) is 2.93. The van der Waals surface area contributed by atoms with Gasteiger partial charge in [-0.3, -0.25) is 15.2 Å². The normalized spacial score (nSPS) is 27.8. The Morgan fingerprint density at radius 3 is 2.45 bits per heavy atom. The lowest BCUT2D eigenvalue weighted by atomic mass is 9.85. The van der Waals surface area contributed by atoms with Crippen molar-refractivity contribution in [1.29, 1.82) is 5.41 Å². The van der Waals surface area contributed by atoms with E-state index in [2.05, 4.69) is 30.4 Å². The smallest absolute Gasteiger partial charge is 0.154 e. The number of hydrogen-bond donors (Lipinski definition) is 2. The van der Waals surface area contributed by atoms with Gasteiger partial charge in [-0.2, -0.15) is 0 Å². The quantitative estimate of drug-likeness (QED) is 0.292. The van der Waals surface area contributed by atoms with Crippen LogP contribution in [0.25, 0.3) is 5.57 Å². The van der Waals surface area contributed by atoms with Gasteiger partial charge in [0.1, 0.15) is 0 Å². The first-order valence-electron chi connectivity index (χ1n) is 13.8. The summed E-state index contributed by atoms with van der Waals surface area (Å²) in [5.41, 5.74) is 7.27. The topological polar surface area (TPSA) is 75.2 Å². The third-order valence-electron chi connectivity index (χ3n) is 8.88. The van der Waals surface area contributed by atoms with Crippen molar-refractivity contribution >= 4 is 46.0 Å². The van der Waals surface area contributed by atoms with Crippen molar-refractivity contribution in [3.8, 4) is 0 Å². The van der Waals surface area contributed by atoms with Crippen LogP contribution in [0.15, 0.2) is 70.7 Å². The average molecular weight is 547 g/mol. The molecule has 6 rings (SSSR count). The maximum Gasteiger partial charge on any atom is 0.154 e. The highest BCUT2D eigenvalue weighted by atomic mass is 35.5. The van der Waals surface area contributed by atoms with Gasteiger partial charge in [-0.1, -0.05) is 60.8 Å². The Balaban J connectivity index is 1.12. The molecular formula is C32H33Cl2N3O. The second kappa shape index (κ2) is 10.6. The zero-order valence-corrected chi connectivity index (χ0v) is 23.2. The lowest BCUT2D eigenvalue weighted by Gasteiger charge is -2.22. The van der Waals surface area contributed by atoms with Crippen LogP contribution in [0, 0.1) is 17.2 Å². The molecule has 2 fully saturated rings. The fourth-order valence-corrected chi connectivity index (χ4v) is 6.85. The van der Waals surface area contributed by atoms with E-state index in [1.165, 1.54) is 5.56 Å². The molecule has 4 nitrogen and oxygen atoms in total. The summed E-state index contributed by atoms with van der Waals surface area (Å²) in [4.78, 5) is 18.5. The Labute approximate surface area is 234 Å². The fourth-order valence-electron chi connectivity index (χ4n) is 6.60. The van der Waals surface area contributed by atoms with Crippen molar-refractivity contribution in [2.75, 3.05) is 6.54 Å². The number of carbonyl (C=O) groups is 1. The van der Waals surface area contributed by atoms with Crippen molar-refractivity contribution in [2.45, 2.75) is 63.5 Å². The molecular weight excluding hydrogens is 513 g/mol. The number of rotatable bonds is 6. The Bertz CT molecular complexity index is 1360. The van der Waals surface area contributed by atoms with E-state index in [0.717, 1.165) is 78.1 Å². The fraction of sp³-hybridized carbons (Fsp3) is 0.406. The number of nitrogens with zero attached hydrogens (tertiary/aromatic N) is 1. The van der Waals surface area contributed by atoms with Crippen LogP contribution in [-0.4, -0.2) is 35.8 Å². The number of allylic oxidation sites excluding steroid dienone is 3. The molecule has 5 atom stereocenters. The van der Waals surface area contributed by atoms with E-state index >= 15 is 0 Å². The average Bonchev–Trinajstić information content (AvgIpc) is 3.70. The van der Waals surface area contributed by atoms with Crippen LogP contribution in [0.5, 0.6) is 0 Å². The predicted molar refractivity (Wildman–Crippen MR) is 157 cm³/mol. The van der Waals surface area contributed by atoms with E-state index < -0.39 is 0 Å². The lowest BCUT2D eigenvalue weighted by Crippen LogP contribution is -2.24. The maximum absolute atomic E-state index is 13.5. The highest BCUT2D eigenvalue weighted by Crippen LogP contribution is 2.40. The number of aliphatic imine (C=N–C) groups is 1. The minimum absolute atomic E-state index is 0.0382. The number of halogens is 2. The number of hydrogen-bond acceptors (Lipinski definition) is 4. The molecule has 38 heavy (non-hydrogen) atoms. The van der Waals surface area contributed by atoms with Crippen LogP contribution in [0.2, 0.25) is 10.0 Å². The number of carbonyl (C=O) groups excluding carboxylic acids is 1. The van der Waals surface area contributed by atoms with Gasteiger partial charge in [-0.05, 0) is 85.1 Å². The molecule has 2 aromatic carbocycles. The number of Topliss-reactive ketones (excluding diaryl/α,β-unsaturated/α-hetero) is 1. The van der Waals surface area contributed by atoms with Crippen LogP contribution >= 0.6 is 23.2 Å². The first-order valence-corrected chi connectivity index (χ1v) is 14.6. The molecule has 2 aromatic rings. The Kier molecular flexibility index (Phi) is 7.15. The first kappa shape index (κ1) is 25.7. The SMILES string of the molecule is C[C@@H](c1ccc(Cl)cc1)C1NC1C(=O)C1CCCC(C2=NCCC3=C2C=C(c2ccc(Cl)cc2)C3=N)CC1. The lowest BCUT2D eigenvalue weighted by molar-refractivity contribution is -0.122. The van der Waals surface area contributed by atoms with Gasteiger partial charge >= 0.3 is 0 Å². The van der Waals surface area contributed by atoms with Crippen molar-refractivity contribution in [3.05, 3.63) is 86.9 Å². The zero-order valence-electron chi connectivity index (χ0n) is 21.6. The highest BCUT2D eigenvalue weighted by Gasteiger charge is 2.48. The minimum atomic E-state index is -0.0382. The Hall–Kier alpha value is -2.53. The van der Waals surface area contributed by atoms with Crippen molar-refractivity contribution in [2.24, 2.45) is 16.8 Å². The third kappa shape index (κ3) is 4.95. The van der Waals surface area contributed by atoms with Gasteiger partial charge in [0.25, 0.3) is 0 Å². The number of benzene rings is 2. The molecule has 0 amide bonds. The van der Waals surface area contributed by atoms with E-state index in [9.17, 15) is 4.79 Å². The van der Waals surface area contributed by atoms with E-state index in [4.69, 9.17) is 33.6 Å². The minimum Gasteiger partial charge on any atom is -0.301 e. The molecule has 1 saturated carbocycles. The van der Waals surface area contributed by atoms with E-state index in [-0.39, 0.29) is 23.9 Å². The molecule has 6 heteroatoms. The maximum atomic E-state index is 13.5. The molecule has 0 spiro atoms. The molecule has 2 aliphatic heterocycles. The van der Waals surface area contributed by atoms with E-state index in [1.54, 1.807) is 0 Å². The summed E-state index contributed by atoms with van der Waals surface area (Å²) in [6, 6.07) is 15.9. The Morgan fingerprint density at radius 2 is 1.71 bits per heavy atom. The monoisotopic (exact) mass is 545 g/mol. The highest BCUT2D eigenvalue weighted by molar-refractivity contribution is 6.37. The van der Waals surface area contributed by atoms with Gasteiger partial charge < -0.3 is 5.32 Å². The molecule has 2 N–H and O–H groups in total. The summed E-state index contributed by atoms with van der Waals surface area (Å²) in [7, 11) is 0. The number of ketones is 1. The second-order valence-corrected chi connectivity index (χ2v) is 12.0. The summed E-state index contributed by atoms with van der Waals surface area (Å²) in [5.74, 6) is 1.12. The van der Waals surface area contributed by atoms with Gasteiger partial charge in [0.15, 0.2) is 5.78 Å². The Morgan fingerprint density at radius 1 is 1.00 bits per heavy atom. The second-order valence-electron chi connectivity index (χ2n) is 11.2. The van der Waals surface area contributed by atoms with Gasteiger partial charge in [0.05, 0.1) is 11.8 Å². The number of dihydropyridines is 1. The zero-order chi connectivity index (χ0) is 26.4. The van der Waals surface area contributed by atoms with E-state index in [1.807, 2.05) is 36.4 Å². The molecule has 0 bridgehead atoms. The molecule has 4 unspecified atom stereocenters. The molecule has 1 saturated heterocycles. The van der Waals surface area contributed by atoms with Gasteiger partial charge in [0, 0.05) is 51.3 Å². The third-order valence-corrected chi connectivity index (χ3v) is 9.38. The van der Waals surface area contributed by atoms with Crippen LogP contribution in [-0.2, 0) is 4.79 Å². The molecule has 2 aliphatic carbocycles. The first-order chi connectivity index (χ1) is 18.4. The summed E-state index contributed by atoms with van der Waals surface area (Å²) in [5, 5.41) is 13.8. The molecule has 0 aromatic heterocycles. The molecule has 0 radical (unpaired) electrons. The summed E-state index contributed by atoms with van der Waals surface area (Å²) in [6.07, 6.45) is 7.93.